The maximum atomic E-state index is 12.3. The van der Waals surface area contributed by atoms with Crippen molar-refractivity contribution in [2.45, 2.75) is 19.8 Å². The van der Waals surface area contributed by atoms with Gasteiger partial charge < -0.3 is 9.64 Å². The molecule has 0 atom stereocenters. The summed E-state index contributed by atoms with van der Waals surface area (Å²) in [6, 6.07) is 7.60. The number of urea groups is 1. The van der Waals surface area contributed by atoms with Crippen molar-refractivity contribution in [3.05, 3.63) is 40.1 Å². The lowest BCUT2D eigenvalue weighted by atomic mass is 10.3. The second kappa shape index (κ2) is 6.36. The summed E-state index contributed by atoms with van der Waals surface area (Å²) in [5.41, 5.74) is 0.941. The molecule has 1 saturated heterocycles. The van der Waals surface area contributed by atoms with Crippen molar-refractivity contribution in [1.82, 2.24) is 9.47 Å². The molecule has 0 N–H and O–H groups in total. The minimum atomic E-state index is -0.143. The van der Waals surface area contributed by atoms with Crippen molar-refractivity contribution in [2.24, 2.45) is 4.99 Å². The first-order valence-corrected chi connectivity index (χ1v) is 8.16. The Morgan fingerprint density at radius 2 is 2.09 bits per heavy atom. The van der Waals surface area contributed by atoms with Gasteiger partial charge in [0.05, 0.1) is 12.8 Å². The predicted octanol–water partition coefficient (Wildman–Crippen LogP) is 2.97. The van der Waals surface area contributed by atoms with Gasteiger partial charge in [-0.3, -0.25) is 4.57 Å². The Hall–Kier alpha value is -2.08. The molecule has 116 valence electrons. The largest absolute Gasteiger partial charge is 0.497 e. The first kappa shape index (κ1) is 14.8. The summed E-state index contributed by atoms with van der Waals surface area (Å²) >= 11 is 1.52. The number of methoxy groups -OCH3 is 1. The van der Waals surface area contributed by atoms with E-state index in [0.29, 0.717) is 4.80 Å². The molecule has 0 aliphatic carbocycles. The molecule has 6 heteroatoms. The van der Waals surface area contributed by atoms with Crippen molar-refractivity contribution in [3.63, 3.8) is 0 Å². The molecule has 1 aliphatic heterocycles. The molecule has 22 heavy (non-hydrogen) atoms. The summed E-state index contributed by atoms with van der Waals surface area (Å²) in [6.45, 7) is 3.64. The molecular formula is C16H19N3O2S. The summed E-state index contributed by atoms with van der Waals surface area (Å²) in [4.78, 5) is 20.2. The number of thiazole rings is 1. The van der Waals surface area contributed by atoms with Crippen molar-refractivity contribution in [3.8, 4) is 11.4 Å². The fourth-order valence-corrected chi connectivity index (χ4v) is 3.37. The zero-order chi connectivity index (χ0) is 15.5. The van der Waals surface area contributed by atoms with Crippen LogP contribution < -0.4 is 9.54 Å². The van der Waals surface area contributed by atoms with Gasteiger partial charge in [0.25, 0.3) is 0 Å². The first-order chi connectivity index (χ1) is 10.7. The highest BCUT2D eigenvalue weighted by Gasteiger charge is 2.17. The molecule has 1 aromatic carbocycles. The van der Waals surface area contributed by atoms with Crippen LogP contribution in [-0.4, -0.2) is 35.7 Å². The lowest BCUT2D eigenvalue weighted by molar-refractivity contribution is 0.218. The molecule has 1 aliphatic rings. The van der Waals surface area contributed by atoms with Gasteiger partial charge in [-0.1, -0.05) is 6.07 Å². The maximum Gasteiger partial charge on any atom is 0.346 e. The van der Waals surface area contributed by atoms with E-state index in [4.69, 9.17) is 4.74 Å². The molecule has 0 bridgehead atoms. The van der Waals surface area contributed by atoms with Crippen LogP contribution in [0.15, 0.2) is 35.5 Å². The Morgan fingerprint density at radius 3 is 2.82 bits per heavy atom. The van der Waals surface area contributed by atoms with Gasteiger partial charge in [-0.25, -0.2) is 4.79 Å². The third kappa shape index (κ3) is 3.06. The third-order valence-electron chi connectivity index (χ3n) is 3.67. The number of hydrogen-bond donors (Lipinski definition) is 0. The molecule has 2 amide bonds. The molecule has 3 rings (SSSR count). The summed E-state index contributed by atoms with van der Waals surface area (Å²) in [6.07, 6.45) is 4.14. The van der Waals surface area contributed by atoms with Gasteiger partial charge in [-0.05, 0) is 31.9 Å². The monoisotopic (exact) mass is 317 g/mol. The van der Waals surface area contributed by atoms with Gasteiger partial charge in [0.2, 0.25) is 0 Å². The van der Waals surface area contributed by atoms with Gasteiger partial charge in [-0.15, -0.1) is 11.3 Å². The number of carbonyl (C=O) groups is 1. The zero-order valence-corrected chi connectivity index (χ0v) is 13.6. The van der Waals surface area contributed by atoms with Crippen LogP contribution in [0.1, 0.15) is 17.7 Å². The zero-order valence-electron chi connectivity index (χ0n) is 12.8. The van der Waals surface area contributed by atoms with Gasteiger partial charge in [-0.2, -0.15) is 4.99 Å². The average Bonchev–Trinajstić information content (AvgIpc) is 3.17. The highest BCUT2D eigenvalue weighted by atomic mass is 32.1. The standard InChI is InChI=1S/C16H19N3O2S/c1-12-11-19(13-6-5-7-14(10-13)21-2)16(22-12)17-15(20)18-8-3-4-9-18/h5-7,10-11H,3-4,8-9H2,1-2H3/b17-16-. The number of likely N-dealkylation sites (tertiary alicyclic amines) is 1. The average molecular weight is 317 g/mol. The van der Waals surface area contributed by atoms with Crippen LogP contribution >= 0.6 is 11.3 Å². The summed E-state index contributed by atoms with van der Waals surface area (Å²) in [7, 11) is 1.64. The van der Waals surface area contributed by atoms with Crippen molar-refractivity contribution >= 4 is 17.4 Å². The van der Waals surface area contributed by atoms with E-state index in [1.54, 1.807) is 7.11 Å². The molecule has 0 radical (unpaired) electrons. The quantitative estimate of drug-likeness (QED) is 0.855. The minimum absolute atomic E-state index is 0.143. The summed E-state index contributed by atoms with van der Waals surface area (Å²) in [5, 5.41) is 0. The maximum absolute atomic E-state index is 12.3. The fourth-order valence-electron chi connectivity index (χ4n) is 2.54. The smallest absolute Gasteiger partial charge is 0.346 e. The first-order valence-electron chi connectivity index (χ1n) is 7.34. The summed E-state index contributed by atoms with van der Waals surface area (Å²) < 4.78 is 7.21. The Morgan fingerprint density at radius 1 is 1.32 bits per heavy atom. The van der Waals surface area contributed by atoms with E-state index in [1.165, 1.54) is 11.3 Å². The topological polar surface area (TPSA) is 46.8 Å². The van der Waals surface area contributed by atoms with E-state index in [2.05, 4.69) is 4.99 Å². The van der Waals surface area contributed by atoms with E-state index in [0.717, 1.165) is 42.2 Å². The number of carbonyl (C=O) groups excluding carboxylic acids is 1. The normalized spacial score (nSPS) is 15.4. The fraction of sp³-hybridized carbons (Fsp3) is 0.375. The second-order valence-corrected chi connectivity index (χ2v) is 6.50. The number of nitrogens with zero attached hydrogens (tertiary/aromatic N) is 3. The molecular weight excluding hydrogens is 298 g/mol. The number of aromatic nitrogens is 1. The predicted molar refractivity (Wildman–Crippen MR) is 86.7 cm³/mol. The van der Waals surface area contributed by atoms with Crippen molar-refractivity contribution in [1.29, 1.82) is 0 Å². The lowest BCUT2D eigenvalue weighted by Gasteiger charge is -2.10. The molecule has 5 nitrogen and oxygen atoms in total. The number of ether oxygens (including phenoxy) is 1. The van der Waals surface area contributed by atoms with Crippen LogP contribution in [0.2, 0.25) is 0 Å². The summed E-state index contributed by atoms with van der Waals surface area (Å²) in [5.74, 6) is 0.783. The van der Waals surface area contributed by atoms with E-state index in [9.17, 15) is 4.79 Å². The van der Waals surface area contributed by atoms with Crippen LogP contribution in [0.25, 0.3) is 5.69 Å². The van der Waals surface area contributed by atoms with Crippen LogP contribution in [0.5, 0.6) is 5.75 Å². The van der Waals surface area contributed by atoms with E-state index < -0.39 is 0 Å². The molecule has 0 unspecified atom stereocenters. The number of benzene rings is 1. The molecule has 2 aromatic rings. The van der Waals surface area contributed by atoms with Gasteiger partial charge in [0.1, 0.15) is 5.75 Å². The third-order valence-corrected chi connectivity index (χ3v) is 4.57. The Balaban J connectivity index is 2.00. The Labute approximate surface area is 133 Å². The highest BCUT2D eigenvalue weighted by Crippen LogP contribution is 2.17. The van der Waals surface area contributed by atoms with Crippen molar-refractivity contribution in [2.75, 3.05) is 20.2 Å². The Bertz CT molecular complexity index is 742. The van der Waals surface area contributed by atoms with Crippen LogP contribution in [0.3, 0.4) is 0 Å². The molecule has 1 aromatic heterocycles. The van der Waals surface area contributed by atoms with Crippen LogP contribution in [-0.2, 0) is 0 Å². The van der Waals surface area contributed by atoms with Crippen molar-refractivity contribution < 1.29 is 9.53 Å². The Kier molecular flexibility index (Phi) is 4.29. The number of aryl methyl sites for hydroxylation is 1. The van der Waals surface area contributed by atoms with Crippen LogP contribution in [0.4, 0.5) is 4.79 Å². The van der Waals surface area contributed by atoms with Crippen LogP contribution in [0, 0.1) is 6.92 Å². The number of amides is 2. The minimum Gasteiger partial charge on any atom is -0.497 e. The van der Waals surface area contributed by atoms with Gasteiger partial charge >= 0.3 is 6.03 Å². The number of rotatable bonds is 2. The SMILES string of the molecule is COc1cccc(-n2cc(C)s/c2=N\C(=O)N2CCCC2)c1. The van der Waals surface area contributed by atoms with Gasteiger partial charge in [0, 0.05) is 30.2 Å². The second-order valence-electron chi connectivity index (χ2n) is 5.28. The molecule has 1 fully saturated rings. The molecule has 2 heterocycles. The van der Waals surface area contributed by atoms with E-state index in [1.807, 2.05) is 46.9 Å². The van der Waals surface area contributed by atoms with E-state index >= 15 is 0 Å². The van der Waals surface area contributed by atoms with E-state index in [-0.39, 0.29) is 6.03 Å². The number of hydrogen-bond acceptors (Lipinski definition) is 3. The molecule has 0 saturated carbocycles. The lowest BCUT2D eigenvalue weighted by Crippen LogP contribution is -2.27. The molecule has 0 spiro atoms. The highest BCUT2D eigenvalue weighted by molar-refractivity contribution is 7.09. The van der Waals surface area contributed by atoms with Gasteiger partial charge in [0.15, 0.2) is 4.80 Å².